The normalized spacial score (nSPS) is 12.2. The monoisotopic (exact) mass is 328 g/mol. The number of hydrogen-bond acceptors (Lipinski definition) is 4. The molecule has 1 aromatic carbocycles. The first-order valence-corrected chi connectivity index (χ1v) is 7.00. The van der Waals surface area contributed by atoms with Gasteiger partial charge in [0.2, 0.25) is 0 Å². The van der Waals surface area contributed by atoms with Gasteiger partial charge in [-0.1, -0.05) is 12.1 Å². The number of hydrazone groups is 1. The Bertz CT molecular complexity index is 682. The molecule has 116 valence electrons. The minimum atomic E-state index is -4.64. The maximum absolute atomic E-state index is 12.9. The molecule has 2 rings (SSSR count). The molecule has 2 N–H and O–H groups in total. The Hall–Kier alpha value is -2.35. The Morgan fingerprint density at radius 2 is 2.05 bits per heavy atom. The highest BCUT2D eigenvalue weighted by Crippen LogP contribution is 2.22. The molecule has 0 aliphatic rings. The van der Waals surface area contributed by atoms with Gasteiger partial charge < -0.3 is 5.11 Å². The second kappa shape index (κ2) is 6.61. The lowest BCUT2D eigenvalue weighted by Crippen LogP contribution is -2.29. The van der Waals surface area contributed by atoms with Gasteiger partial charge in [0.05, 0.1) is 0 Å². The van der Waals surface area contributed by atoms with Crippen LogP contribution in [0.3, 0.4) is 0 Å². The topological polar surface area (TPSA) is 61.7 Å². The SMILES string of the molecule is O=C(N/N=C(/Cc1cccs1)C(F)(F)F)c1cccc(O)c1. The molecule has 4 nitrogen and oxygen atoms in total. The summed E-state index contributed by atoms with van der Waals surface area (Å²) in [5, 5.41) is 14.1. The van der Waals surface area contributed by atoms with Gasteiger partial charge in [-0.3, -0.25) is 4.79 Å². The van der Waals surface area contributed by atoms with E-state index in [0.717, 1.165) is 6.07 Å². The Balaban J connectivity index is 2.14. The molecule has 0 fully saturated rings. The lowest BCUT2D eigenvalue weighted by molar-refractivity contribution is -0.0604. The van der Waals surface area contributed by atoms with E-state index in [1.54, 1.807) is 17.5 Å². The van der Waals surface area contributed by atoms with Crippen LogP contribution in [-0.4, -0.2) is 22.9 Å². The standard InChI is InChI=1S/C14H11F3N2O2S/c15-14(16,17)12(8-11-5-2-6-22-11)18-19-13(21)9-3-1-4-10(20)7-9/h1-7,20H,8H2,(H,19,21)/b18-12-. The molecule has 0 unspecified atom stereocenters. The highest BCUT2D eigenvalue weighted by molar-refractivity contribution is 7.10. The molecule has 0 aliphatic heterocycles. The van der Waals surface area contributed by atoms with Crippen molar-refractivity contribution in [1.82, 2.24) is 5.43 Å². The van der Waals surface area contributed by atoms with Crippen LogP contribution in [0, 0.1) is 0 Å². The second-order valence-electron chi connectivity index (χ2n) is 4.30. The second-order valence-corrected chi connectivity index (χ2v) is 5.34. The zero-order valence-corrected chi connectivity index (χ0v) is 11.9. The van der Waals surface area contributed by atoms with Gasteiger partial charge in [0, 0.05) is 16.9 Å². The number of benzene rings is 1. The number of phenols is 1. The van der Waals surface area contributed by atoms with E-state index < -0.39 is 24.2 Å². The van der Waals surface area contributed by atoms with Crippen LogP contribution in [0.15, 0.2) is 46.9 Å². The molecule has 1 heterocycles. The van der Waals surface area contributed by atoms with Crippen molar-refractivity contribution in [1.29, 1.82) is 0 Å². The lowest BCUT2D eigenvalue weighted by atomic mass is 10.2. The largest absolute Gasteiger partial charge is 0.508 e. The molecular formula is C14H11F3N2O2S. The van der Waals surface area contributed by atoms with Crippen LogP contribution >= 0.6 is 11.3 Å². The van der Waals surface area contributed by atoms with E-state index in [0.29, 0.717) is 4.88 Å². The third kappa shape index (κ3) is 4.32. The first-order chi connectivity index (χ1) is 10.4. The van der Waals surface area contributed by atoms with E-state index in [1.807, 2.05) is 5.43 Å². The van der Waals surface area contributed by atoms with Gasteiger partial charge in [0.15, 0.2) is 0 Å². The highest BCUT2D eigenvalue weighted by Gasteiger charge is 2.36. The molecule has 0 atom stereocenters. The van der Waals surface area contributed by atoms with Crippen molar-refractivity contribution in [2.75, 3.05) is 0 Å². The van der Waals surface area contributed by atoms with Crippen LogP contribution in [0.2, 0.25) is 0 Å². The summed E-state index contributed by atoms with van der Waals surface area (Å²) in [6, 6.07) is 8.44. The fraction of sp³-hybridized carbons (Fsp3) is 0.143. The summed E-state index contributed by atoms with van der Waals surface area (Å²) in [7, 11) is 0. The molecule has 2 aromatic rings. The number of amides is 1. The van der Waals surface area contributed by atoms with Gasteiger partial charge in [0.25, 0.3) is 5.91 Å². The minimum absolute atomic E-state index is 0.0152. The first-order valence-electron chi connectivity index (χ1n) is 6.12. The maximum Gasteiger partial charge on any atom is 0.431 e. The summed E-state index contributed by atoms with van der Waals surface area (Å²) >= 11 is 1.17. The quantitative estimate of drug-likeness (QED) is 0.668. The van der Waals surface area contributed by atoms with Crippen molar-refractivity contribution in [3.05, 3.63) is 52.2 Å². The average molecular weight is 328 g/mol. The zero-order valence-electron chi connectivity index (χ0n) is 11.1. The van der Waals surface area contributed by atoms with Gasteiger partial charge in [-0.25, -0.2) is 5.43 Å². The summed E-state index contributed by atoms with van der Waals surface area (Å²) in [6.07, 6.45) is -5.06. The smallest absolute Gasteiger partial charge is 0.431 e. The van der Waals surface area contributed by atoms with Crippen molar-refractivity contribution >= 4 is 23.0 Å². The highest BCUT2D eigenvalue weighted by atomic mass is 32.1. The molecular weight excluding hydrogens is 317 g/mol. The Labute approximate surface area is 127 Å². The van der Waals surface area contributed by atoms with E-state index in [-0.39, 0.29) is 11.3 Å². The van der Waals surface area contributed by atoms with Gasteiger partial charge in [-0.2, -0.15) is 18.3 Å². The third-order valence-corrected chi connectivity index (χ3v) is 3.53. The Morgan fingerprint density at radius 3 is 2.64 bits per heavy atom. The van der Waals surface area contributed by atoms with Crippen LogP contribution in [0.25, 0.3) is 0 Å². The number of halogens is 3. The molecule has 0 spiro atoms. The molecule has 0 bridgehead atoms. The molecule has 8 heteroatoms. The molecule has 1 amide bonds. The van der Waals surface area contributed by atoms with Crippen LogP contribution in [0.1, 0.15) is 15.2 Å². The van der Waals surface area contributed by atoms with Crippen LogP contribution in [0.5, 0.6) is 5.75 Å². The van der Waals surface area contributed by atoms with E-state index in [1.165, 1.54) is 29.5 Å². The van der Waals surface area contributed by atoms with Crippen molar-refractivity contribution in [2.24, 2.45) is 5.10 Å². The number of carbonyl (C=O) groups excluding carboxylic acids is 1. The van der Waals surface area contributed by atoms with E-state index >= 15 is 0 Å². The van der Waals surface area contributed by atoms with Crippen LogP contribution in [-0.2, 0) is 6.42 Å². The lowest BCUT2D eigenvalue weighted by Gasteiger charge is -2.10. The summed E-state index contributed by atoms with van der Waals surface area (Å²) < 4.78 is 38.7. The van der Waals surface area contributed by atoms with E-state index in [4.69, 9.17) is 0 Å². The molecule has 0 radical (unpaired) electrons. The third-order valence-electron chi connectivity index (χ3n) is 2.65. The summed E-state index contributed by atoms with van der Waals surface area (Å²) in [4.78, 5) is 12.2. The Morgan fingerprint density at radius 1 is 1.27 bits per heavy atom. The molecule has 0 aliphatic carbocycles. The van der Waals surface area contributed by atoms with Crippen molar-refractivity contribution < 1.29 is 23.1 Å². The van der Waals surface area contributed by atoms with Gasteiger partial charge in [-0.15, -0.1) is 11.3 Å². The van der Waals surface area contributed by atoms with Gasteiger partial charge in [-0.05, 0) is 29.6 Å². The Kier molecular flexibility index (Phi) is 4.81. The number of rotatable bonds is 4. The van der Waals surface area contributed by atoms with Gasteiger partial charge >= 0.3 is 6.18 Å². The predicted molar refractivity (Wildman–Crippen MR) is 77.1 cm³/mol. The molecule has 0 saturated heterocycles. The van der Waals surface area contributed by atoms with E-state index in [9.17, 15) is 23.1 Å². The summed E-state index contributed by atoms with van der Waals surface area (Å²) in [5.41, 5.74) is 0.789. The zero-order chi connectivity index (χ0) is 16.2. The summed E-state index contributed by atoms with van der Waals surface area (Å²) in [5.74, 6) is -0.991. The fourth-order valence-corrected chi connectivity index (χ4v) is 2.32. The number of thiophene rings is 1. The van der Waals surface area contributed by atoms with Crippen molar-refractivity contribution in [3.8, 4) is 5.75 Å². The van der Waals surface area contributed by atoms with Crippen molar-refractivity contribution in [2.45, 2.75) is 12.6 Å². The van der Waals surface area contributed by atoms with Crippen molar-refractivity contribution in [3.63, 3.8) is 0 Å². The maximum atomic E-state index is 12.9. The number of aromatic hydroxyl groups is 1. The number of alkyl halides is 3. The van der Waals surface area contributed by atoms with Gasteiger partial charge in [0.1, 0.15) is 11.5 Å². The predicted octanol–water partition coefficient (Wildman–Crippen LogP) is 3.34. The summed E-state index contributed by atoms with van der Waals surface area (Å²) in [6.45, 7) is 0. The van der Waals surface area contributed by atoms with Crippen LogP contribution in [0.4, 0.5) is 13.2 Å². The first kappa shape index (κ1) is 16.0. The molecule has 1 aromatic heterocycles. The number of nitrogens with one attached hydrogen (secondary N) is 1. The van der Waals surface area contributed by atoms with Crippen LogP contribution < -0.4 is 5.43 Å². The van der Waals surface area contributed by atoms with E-state index in [2.05, 4.69) is 5.10 Å². The number of phenolic OH excluding ortho intramolecular Hbond substituents is 1. The minimum Gasteiger partial charge on any atom is -0.508 e. The molecule has 0 saturated carbocycles. The number of carbonyl (C=O) groups is 1. The number of nitrogens with zero attached hydrogens (tertiary/aromatic N) is 1. The molecule has 22 heavy (non-hydrogen) atoms. The number of hydrogen-bond donors (Lipinski definition) is 2. The fourth-order valence-electron chi connectivity index (χ4n) is 1.61. The average Bonchev–Trinajstić information content (AvgIpc) is 2.94.